The summed E-state index contributed by atoms with van der Waals surface area (Å²) in [7, 11) is 1.31. The third-order valence-electron chi connectivity index (χ3n) is 5.25. The molecule has 1 amide bonds. The highest BCUT2D eigenvalue weighted by atomic mass is 19.1. The van der Waals surface area contributed by atoms with E-state index in [4.69, 9.17) is 4.74 Å². The van der Waals surface area contributed by atoms with Crippen molar-refractivity contribution in [3.8, 4) is 11.5 Å². The largest absolute Gasteiger partial charge is 0.508 e. The Morgan fingerprint density at radius 1 is 1.12 bits per heavy atom. The average molecular weight is 434 g/mol. The number of amides is 1. The van der Waals surface area contributed by atoms with Crippen LogP contribution in [0.25, 0.3) is 5.76 Å². The number of aromatic hydroxyl groups is 1. The van der Waals surface area contributed by atoms with Gasteiger partial charge < -0.3 is 19.8 Å². The number of pyridine rings is 1. The number of aromatic nitrogens is 1. The van der Waals surface area contributed by atoms with Gasteiger partial charge in [-0.1, -0.05) is 12.1 Å². The van der Waals surface area contributed by atoms with Crippen molar-refractivity contribution in [1.29, 1.82) is 0 Å². The SMILES string of the molecule is COc1ccc(C(O)=C2C(=O)C(=O)N(Cc3ccncc3)[C@@H]2c2cccc(O)c2)cc1F. The zero-order valence-electron chi connectivity index (χ0n) is 17.0. The third kappa shape index (κ3) is 3.78. The van der Waals surface area contributed by atoms with Gasteiger partial charge in [0, 0.05) is 24.5 Å². The smallest absolute Gasteiger partial charge is 0.295 e. The van der Waals surface area contributed by atoms with E-state index in [1.54, 1.807) is 36.7 Å². The van der Waals surface area contributed by atoms with Crippen LogP contribution in [0.2, 0.25) is 0 Å². The molecule has 8 heteroatoms. The first kappa shape index (κ1) is 21.0. The Bertz CT molecular complexity index is 1230. The summed E-state index contributed by atoms with van der Waals surface area (Å²) in [5.74, 6) is -3.05. The number of methoxy groups -OCH3 is 1. The minimum absolute atomic E-state index is 0.0235. The monoisotopic (exact) mass is 434 g/mol. The molecular weight excluding hydrogens is 415 g/mol. The summed E-state index contributed by atoms with van der Waals surface area (Å²) in [6, 6.07) is 12.3. The summed E-state index contributed by atoms with van der Waals surface area (Å²) in [5.41, 5.74) is 0.978. The van der Waals surface area contributed by atoms with Gasteiger partial charge >= 0.3 is 0 Å². The van der Waals surface area contributed by atoms with E-state index < -0.39 is 29.3 Å². The van der Waals surface area contributed by atoms with Gasteiger partial charge in [0.15, 0.2) is 11.6 Å². The summed E-state index contributed by atoms with van der Waals surface area (Å²) in [6.07, 6.45) is 3.13. The van der Waals surface area contributed by atoms with Gasteiger partial charge in [-0.2, -0.15) is 0 Å². The molecule has 0 bridgehead atoms. The molecule has 0 aliphatic carbocycles. The standard InChI is InChI=1S/C24H19FN2O5/c1-32-19-6-5-16(12-18(19)25)22(29)20-21(15-3-2-4-17(28)11-15)27(24(31)23(20)30)13-14-7-9-26-10-8-14/h2-12,21,28-29H,13H2,1H3/t21-/m1/s1. The minimum Gasteiger partial charge on any atom is -0.508 e. The number of carbonyl (C=O) groups is 2. The number of carbonyl (C=O) groups excluding carboxylic acids is 2. The van der Waals surface area contributed by atoms with Crippen LogP contribution in [0, 0.1) is 5.82 Å². The zero-order chi connectivity index (χ0) is 22.8. The number of hydrogen-bond acceptors (Lipinski definition) is 6. The molecule has 0 saturated carbocycles. The lowest BCUT2D eigenvalue weighted by Gasteiger charge is -2.25. The first-order valence-electron chi connectivity index (χ1n) is 9.71. The van der Waals surface area contributed by atoms with Gasteiger partial charge in [0.05, 0.1) is 18.7 Å². The van der Waals surface area contributed by atoms with E-state index in [0.717, 1.165) is 11.6 Å². The van der Waals surface area contributed by atoms with Gasteiger partial charge in [0.25, 0.3) is 11.7 Å². The highest BCUT2D eigenvalue weighted by Gasteiger charge is 2.46. The van der Waals surface area contributed by atoms with Gasteiger partial charge in [-0.25, -0.2) is 4.39 Å². The van der Waals surface area contributed by atoms with Crippen molar-refractivity contribution in [1.82, 2.24) is 9.88 Å². The third-order valence-corrected chi connectivity index (χ3v) is 5.25. The maximum absolute atomic E-state index is 14.2. The molecule has 7 nitrogen and oxygen atoms in total. The van der Waals surface area contributed by atoms with Crippen LogP contribution >= 0.6 is 0 Å². The van der Waals surface area contributed by atoms with Gasteiger partial charge in [-0.15, -0.1) is 0 Å². The van der Waals surface area contributed by atoms with E-state index in [2.05, 4.69) is 4.98 Å². The fourth-order valence-electron chi connectivity index (χ4n) is 3.74. The molecular formula is C24H19FN2O5. The minimum atomic E-state index is -0.986. The lowest BCUT2D eigenvalue weighted by atomic mass is 9.95. The van der Waals surface area contributed by atoms with E-state index in [1.807, 2.05) is 0 Å². The van der Waals surface area contributed by atoms with Crippen molar-refractivity contribution in [2.24, 2.45) is 0 Å². The van der Waals surface area contributed by atoms with Crippen molar-refractivity contribution < 1.29 is 28.9 Å². The zero-order valence-corrected chi connectivity index (χ0v) is 17.0. The molecule has 1 atom stereocenters. The number of ketones is 1. The molecule has 0 radical (unpaired) electrons. The van der Waals surface area contributed by atoms with Gasteiger partial charge in [-0.05, 0) is 53.6 Å². The van der Waals surface area contributed by atoms with Crippen LogP contribution in [0.3, 0.4) is 0 Å². The van der Waals surface area contributed by atoms with Gasteiger partial charge in [0.1, 0.15) is 11.5 Å². The van der Waals surface area contributed by atoms with Crippen molar-refractivity contribution in [2.45, 2.75) is 12.6 Å². The number of benzene rings is 2. The second-order valence-corrected chi connectivity index (χ2v) is 7.23. The number of likely N-dealkylation sites (tertiary alicyclic amines) is 1. The van der Waals surface area contributed by atoms with E-state index in [0.29, 0.717) is 5.56 Å². The van der Waals surface area contributed by atoms with Crippen LogP contribution in [0.5, 0.6) is 11.5 Å². The number of hydrogen-bond donors (Lipinski definition) is 2. The molecule has 2 heterocycles. The average Bonchev–Trinajstić information content (AvgIpc) is 3.04. The molecule has 2 N–H and O–H groups in total. The van der Waals surface area contributed by atoms with E-state index >= 15 is 0 Å². The first-order valence-corrected chi connectivity index (χ1v) is 9.71. The molecule has 4 rings (SSSR count). The summed E-state index contributed by atoms with van der Waals surface area (Å²) in [6.45, 7) is 0.0706. The molecule has 0 spiro atoms. The number of halogens is 1. The molecule has 162 valence electrons. The Kier molecular flexibility index (Phi) is 5.59. The number of ether oxygens (including phenoxy) is 1. The van der Waals surface area contributed by atoms with Crippen LogP contribution in [-0.2, 0) is 16.1 Å². The van der Waals surface area contributed by atoms with Crippen LogP contribution < -0.4 is 4.74 Å². The Balaban J connectivity index is 1.87. The summed E-state index contributed by atoms with van der Waals surface area (Å²) < 4.78 is 19.1. The number of phenolic OH excluding ortho intramolecular Hbond substituents is 1. The first-order chi connectivity index (χ1) is 15.4. The number of aliphatic hydroxyl groups is 1. The predicted molar refractivity (Wildman–Crippen MR) is 113 cm³/mol. The highest BCUT2D eigenvalue weighted by molar-refractivity contribution is 6.46. The van der Waals surface area contributed by atoms with Crippen LogP contribution in [0.4, 0.5) is 4.39 Å². The summed E-state index contributed by atoms with van der Waals surface area (Å²) in [5, 5.41) is 21.0. The lowest BCUT2D eigenvalue weighted by Crippen LogP contribution is -2.29. The molecule has 1 saturated heterocycles. The summed E-state index contributed by atoms with van der Waals surface area (Å²) in [4.78, 5) is 31.2. The number of aliphatic hydroxyl groups excluding tert-OH is 1. The molecule has 2 aromatic carbocycles. The second kappa shape index (κ2) is 8.50. The molecule has 0 unspecified atom stereocenters. The maximum Gasteiger partial charge on any atom is 0.295 e. The Labute approximate surface area is 183 Å². The number of Topliss-reactive ketones (excluding diaryl/α,β-unsaturated/α-hetero) is 1. The van der Waals surface area contributed by atoms with Crippen molar-refractivity contribution in [2.75, 3.05) is 7.11 Å². The second-order valence-electron chi connectivity index (χ2n) is 7.23. The number of nitrogens with zero attached hydrogens (tertiary/aromatic N) is 2. The van der Waals surface area contributed by atoms with Crippen LogP contribution in [-0.4, -0.2) is 38.9 Å². The van der Waals surface area contributed by atoms with Crippen molar-refractivity contribution >= 4 is 17.4 Å². The Morgan fingerprint density at radius 2 is 1.88 bits per heavy atom. The van der Waals surface area contributed by atoms with Gasteiger partial charge in [0.2, 0.25) is 0 Å². The van der Waals surface area contributed by atoms with Crippen molar-refractivity contribution in [3.05, 3.63) is 95.1 Å². The molecule has 1 aliphatic rings. The van der Waals surface area contributed by atoms with Crippen LogP contribution in [0.15, 0.2) is 72.6 Å². The Hall–Kier alpha value is -4.20. The quantitative estimate of drug-likeness (QED) is 0.362. The predicted octanol–water partition coefficient (Wildman–Crippen LogP) is 3.56. The fourth-order valence-corrected chi connectivity index (χ4v) is 3.74. The lowest BCUT2D eigenvalue weighted by molar-refractivity contribution is -0.140. The normalized spacial score (nSPS) is 17.6. The van der Waals surface area contributed by atoms with Crippen LogP contribution in [0.1, 0.15) is 22.7 Å². The van der Waals surface area contributed by atoms with E-state index in [1.165, 1.54) is 36.3 Å². The molecule has 1 aromatic heterocycles. The van der Waals surface area contributed by atoms with E-state index in [-0.39, 0.29) is 29.2 Å². The maximum atomic E-state index is 14.2. The molecule has 1 fully saturated rings. The summed E-state index contributed by atoms with van der Waals surface area (Å²) >= 11 is 0. The number of rotatable bonds is 5. The van der Waals surface area contributed by atoms with E-state index in [9.17, 15) is 24.2 Å². The molecule has 3 aromatic rings. The molecule has 1 aliphatic heterocycles. The fraction of sp³-hybridized carbons (Fsp3) is 0.125. The molecule has 32 heavy (non-hydrogen) atoms. The highest BCUT2D eigenvalue weighted by Crippen LogP contribution is 2.41. The van der Waals surface area contributed by atoms with Crippen molar-refractivity contribution in [3.63, 3.8) is 0 Å². The van der Waals surface area contributed by atoms with Gasteiger partial charge in [-0.3, -0.25) is 14.6 Å². The number of phenols is 1. The topological polar surface area (TPSA) is 100.0 Å². The Morgan fingerprint density at radius 3 is 2.53 bits per heavy atom.